The number of nitrogens with one attached hydrogen (secondary N) is 2. The summed E-state index contributed by atoms with van der Waals surface area (Å²) in [5.74, 6) is 0. The van der Waals surface area contributed by atoms with Crippen molar-refractivity contribution in [1.29, 1.82) is 0 Å². The highest BCUT2D eigenvalue weighted by atomic mass is 35.5. The number of hydrogen-bond donors (Lipinski definition) is 2. The number of piperazine rings is 1. The summed E-state index contributed by atoms with van der Waals surface area (Å²) in [6.07, 6.45) is 2.02. The van der Waals surface area contributed by atoms with Crippen LogP contribution in [-0.2, 0) is 0 Å². The zero-order valence-electron chi connectivity index (χ0n) is 11.4. The summed E-state index contributed by atoms with van der Waals surface area (Å²) in [5.41, 5.74) is 1.61. The van der Waals surface area contributed by atoms with Gasteiger partial charge < -0.3 is 10.3 Å². The molecular weight excluding hydrogens is 269 g/mol. The van der Waals surface area contributed by atoms with E-state index in [-0.39, 0.29) is 30.2 Å². The number of halogens is 2. The number of H-pyrrole nitrogens is 1. The Morgan fingerprint density at radius 1 is 1.17 bits per heavy atom. The fourth-order valence-electron chi connectivity index (χ4n) is 2.67. The van der Waals surface area contributed by atoms with Gasteiger partial charge in [-0.2, -0.15) is 0 Å². The van der Waals surface area contributed by atoms with Gasteiger partial charge in [-0.3, -0.25) is 4.90 Å². The summed E-state index contributed by atoms with van der Waals surface area (Å²) in [6, 6.07) is 4.79. The number of rotatable bonds is 2. The SMILES string of the molecule is CC(C)(C)[C@@H](c1ccc[nH]1)N1CCNCC1.Cl.Cl. The van der Waals surface area contributed by atoms with Crippen LogP contribution in [0.1, 0.15) is 32.5 Å². The van der Waals surface area contributed by atoms with Gasteiger partial charge in [0.05, 0.1) is 6.04 Å². The molecule has 0 aromatic carbocycles. The third-order valence-electron chi connectivity index (χ3n) is 3.25. The van der Waals surface area contributed by atoms with Crippen molar-refractivity contribution in [2.75, 3.05) is 26.2 Å². The third kappa shape index (κ3) is 4.16. The van der Waals surface area contributed by atoms with Crippen molar-refractivity contribution in [2.45, 2.75) is 26.8 Å². The first-order chi connectivity index (χ1) is 7.59. The van der Waals surface area contributed by atoms with Crippen molar-refractivity contribution in [2.24, 2.45) is 5.41 Å². The smallest absolute Gasteiger partial charge is 0.0547 e. The number of hydrogen-bond acceptors (Lipinski definition) is 2. The monoisotopic (exact) mass is 293 g/mol. The summed E-state index contributed by atoms with van der Waals surface area (Å²) in [7, 11) is 0. The van der Waals surface area contributed by atoms with Gasteiger partial charge in [0.15, 0.2) is 0 Å². The molecule has 0 amide bonds. The molecule has 0 saturated carbocycles. The maximum atomic E-state index is 3.41. The molecule has 1 saturated heterocycles. The van der Waals surface area contributed by atoms with E-state index in [0.29, 0.717) is 6.04 Å². The van der Waals surface area contributed by atoms with E-state index in [0.717, 1.165) is 26.2 Å². The molecule has 0 unspecified atom stereocenters. The van der Waals surface area contributed by atoms with Crippen molar-refractivity contribution in [3.05, 3.63) is 24.0 Å². The summed E-state index contributed by atoms with van der Waals surface area (Å²) >= 11 is 0. The molecule has 1 fully saturated rings. The second kappa shape index (κ2) is 7.39. The minimum Gasteiger partial charge on any atom is -0.364 e. The Hall–Kier alpha value is -0.220. The highest BCUT2D eigenvalue weighted by molar-refractivity contribution is 5.85. The first kappa shape index (κ1) is 17.8. The Labute approximate surface area is 123 Å². The van der Waals surface area contributed by atoms with E-state index in [1.807, 2.05) is 6.20 Å². The molecule has 2 N–H and O–H groups in total. The average Bonchev–Trinajstić information content (AvgIpc) is 2.71. The predicted molar refractivity (Wildman–Crippen MR) is 81.9 cm³/mol. The van der Waals surface area contributed by atoms with Gasteiger partial charge >= 0.3 is 0 Å². The Balaban J connectivity index is 0.00000144. The van der Waals surface area contributed by atoms with Crippen LogP contribution in [0, 0.1) is 5.41 Å². The molecule has 0 radical (unpaired) electrons. The standard InChI is InChI=1S/C13H23N3.2ClH/c1-13(2,3)12(11-5-4-6-15-11)16-9-7-14-8-10-16;;/h4-6,12,14-15H,7-10H2,1-3H3;2*1H/t12-;;/m1../s1. The minimum absolute atomic E-state index is 0. The normalized spacial score (nSPS) is 18.6. The predicted octanol–water partition coefficient (Wildman–Crippen LogP) is 2.85. The Morgan fingerprint density at radius 2 is 1.78 bits per heavy atom. The van der Waals surface area contributed by atoms with E-state index in [9.17, 15) is 0 Å². The van der Waals surface area contributed by atoms with Crippen molar-refractivity contribution in [3.8, 4) is 0 Å². The number of aromatic nitrogens is 1. The fraction of sp³-hybridized carbons (Fsp3) is 0.692. The van der Waals surface area contributed by atoms with Crippen molar-refractivity contribution in [1.82, 2.24) is 15.2 Å². The first-order valence-electron chi connectivity index (χ1n) is 6.17. The molecule has 18 heavy (non-hydrogen) atoms. The lowest BCUT2D eigenvalue weighted by Crippen LogP contribution is -2.48. The maximum Gasteiger partial charge on any atom is 0.0547 e. The van der Waals surface area contributed by atoms with Gasteiger partial charge in [-0.05, 0) is 17.5 Å². The second-order valence-corrected chi connectivity index (χ2v) is 5.68. The van der Waals surface area contributed by atoms with Crippen LogP contribution in [0.2, 0.25) is 0 Å². The van der Waals surface area contributed by atoms with Crippen LogP contribution in [-0.4, -0.2) is 36.1 Å². The Kier molecular flexibility index (Phi) is 7.30. The van der Waals surface area contributed by atoms with Gasteiger partial charge in [-0.15, -0.1) is 24.8 Å². The molecule has 1 aromatic rings. The lowest BCUT2D eigenvalue weighted by atomic mass is 9.83. The van der Waals surface area contributed by atoms with Crippen LogP contribution in [0.5, 0.6) is 0 Å². The van der Waals surface area contributed by atoms with E-state index < -0.39 is 0 Å². The van der Waals surface area contributed by atoms with E-state index >= 15 is 0 Å². The molecule has 1 atom stereocenters. The third-order valence-corrected chi connectivity index (χ3v) is 3.25. The van der Waals surface area contributed by atoms with Crippen LogP contribution < -0.4 is 5.32 Å². The van der Waals surface area contributed by atoms with Gasteiger partial charge in [0.2, 0.25) is 0 Å². The second-order valence-electron chi connectivity index (χ2n) is 5.68. The van der Waals surface area contributed by atoms with Crippen molar-refractivity contribution in [3.63, 3.8) is 0 Å². The fourth-order valence-corrected chi connectivity index (χ4v) is 2.67. The summed E-state index contributed by atoms with van der Waals surface area (Å²) in [4.78, 5) is 5.96. The van der Waals surface area contributed by atoms with Crippen LogP contribution >= 0.6 is 24.8 Å². The average molecular weight is 294 g/mol. The topological polar surface area (TPSA) is 31.1 Å². The molecule has 0 aliphatic carbocycles. The molecule has 0 bridgehead atoms. The molecule has 5 heteroatoms. The van der Waals surface area contributed by atoms with E-state index in [1.165, 1.54) is 5.69 Å². The zero-order valence-corrected chi connectivity index (χ0v) is 13.0. The summed E-state index contributed by atoms with van der Waals surface area (Å²) in [6.45, 7) is 11.4. The molecule has 3 nitrogen and oxygen atoms in total. The molecule has 1 aromatic heterocycles. The first-order valence-corrected chi connectivity index (χ1v) is 6.17. The van der Waals surface area contributed by atoms with E-state index in [1.54, 1.807) is 0 Å². The van der Waals surface area contributed by atoms with Crippen LogP contribution in [0.25, 0.3) is 0 Å². The van der Waals surface area contributed by atoms with Gasteiger partial charge in [0, 0.05) is 38.1 Å². The highest BCUT2D eigenvalue weighted by Gasteiger charge is 2.32. The Morgan fingerprint density at radius 3 is 2.22 bits per heavy atom. The summed E-state index contributed by atoms with van der Waals surface area (Å²) in [5, 5.41) is 3.41. The van der Waals surface area contributed by atoms with Gasteiger partial charge in [-0.25, -0.2) is 0 Å². The minimum atomic E-state index is 0. The summed E-state index contributed by atoms with van der Waals surface area (Å²) < 4.78 is 0. The molecule has 106 valence electrons. The maximum absolute atomic E-state index is 3.41. The Bertz CT molecular complexity index is 313. The highest BCUT2D eigenvalue weighted by Crippen LogP contribution is 2.37. The van der Waals surface area contributed by atoms with Gasteiger partial charge in [0.25, 0.3) is 0 Å². The van der Waals surface area contributed by atoms with Crippen LogP contribution in [0.3, 0.4) is 0 Å². The zero-order chi connectivity index (χ0) is 11.6. The van der Waals surface area contributed by atoms with Crippen LogP contribution in [0.4, 0.5) is 0 Å². The molecule has 1 aliphatic rings. The molecule has 1 aliphatic heterocycles. The van der Waals surface area contributed by atoms with E-state index in [4.69, 9.17) is 0 Å². The van der Waals surface area contributed by atoms with Crippen molar-refractivity contribution >= 4 is 24.8 Å². The molecule has 2 rings (SSSR count). The lowest BCUT2D eigenvalue weighted by Gasteiger charge is -2.41. The largest absolute Gasteiger partial charge is 0.364 e. The van der Waals surface area contributed by atoms with Crippen molar-refractivity contribution < 1.29 is 0 Å². The molecular formula is C13H25Cl2N3. The number of nitrogens with zero attached hydrogens (tertiary/aromatic N) is 1. The quantitative estimate of drug-likeness (QED) is 0.879. The molecule has 2 heterocycles. The van der Waals surface area contributed by atoms with E-state index in [2.05, 4.69) is 48.1 Å². The van der Waals surface area contributed by atoms with Crippen LogP contribution in [0.15, 0.2) is 18.3 Å². The van der Waals surface area contributed by atoms with Gasteiger partial charge in [0.1, 0.15) is 0 Å². The van der Waals surface area contributed by atoms with Gasteiger partial charge in [-0.1, -0.05) is 20.8 Å². The molecule has 0 spiro atoms. The lowest BCUT2D eigenvalue weighted by molar-refractivity contribution is 0.0835. The number of aromatic amines is 1.